The number of fused-ring (bicyclic) bond motifs is 1. The molecule has 21 heavy (non-hydrogen) atoms. The minimum absolute atomic E-state index is 0.345. The Hall–Kier alpha value is -1.65. The van der Waals surface area contributed by atoms with Crippen molar-refractivity contribution in [2.45, 2.75) is 39.5 Å². The van der Waals surface area contributed by atoms with E-state index in [0.717, 1.165) is 37.3 Å². The lowest BCUT2D eigenvalue weighted by Gasteiger charge is -2.20. The molecule has 0 saturated carbocycles. The molecule has 0 amide bonds. The number of hydrogen-bond acceptors (Lipinski definition) is 3. The molecule has 0 spiro atoms. The summed E-state index contributed by atoms with van der Waals surface area (Å²) < 4.78 is 1.95. The van der Waals surface area contributed by atoms with Crippen LogP contribution in [0, 0.1) is 13.8 Å². The highest BCUT2D eigenvalue weighted by Gasteiger charge is 2.22. The fourth-order valence-electron chi connectivity index (χ4n) is 3.19. The average Bonchev–Trinajstić information content (AvgIpc) is 2.63. The topological polar surface area (TPSA) is 41.3 Å². The molecule has 1 atom stereocenters. The number of nitrogens with zero attached hydrogens (tertiary/aromatic N) is 3. The van der Waals surface area contributed by atoms with Crippen LogP contribution in [0.3, 0.4) is 0 Å². The Morgan fingerprint density at radius 3 is 2.76 bits per heavy atom. The van der Waals surface area contributed by atoms with E-state index in [9.17, 15) is 5.11 Å². The first-order valence-electron chi connectivity index (χ1n) is 7.53. The van der Waals surface area contributed by atoms with E-state index in [4.69, 9.17) is 0 Å². The first kappa shape index (κ1) is 14.3. The van der Waals surface area contributed by atoms with Crippen LogP contribution in [-0.4, -0.2) is 26.3 Å². The van der Waals surface area contributed by atoms with Crippen molar-refractivity contribution in [2.24, 2.45) is 7.05 Å². The largest absolute Gasteiger partial charge is 0.388 e. The standard InChI is InChI=1S/C17H23N3O/c1-12-16(13(2)19(3)18-12)11-20-9-8-17(21)15-7-5-4-6-14(15)10-20/h4-7,17,21H,8-11H2,1-3H3. The van der Waals surface area contributed by atoms with Gasteiger partial charge < -0.3 is 5.11 Å². The van der Waals surface area contributed by atoms with Crippen LogP contribution in [0.5, 0.6) is 0 Å². The number of benzene rings is 1. The second-order valence-corrected chi connectivity index (χ2v) is 5.99. The van der Waals surface area contributed by atoms with E-state index >= 15 is 0 Å². The van der Waals surface area contributed by atoms with Crippen molar-refractivity contribution >= 4 is 0 Å². The summed E-state index contributed by atoms with van der Waals surface area (Å²) in [5.41, 5.74) is 5.96. The maximum Gasteiger partial charge on any atom is 0.0805 e. The van der Waals surface area contributed by atoms with Crippen LogP contribution in [-0.2, 0) is 20.1 Å². The molecule has 0 aliphatic carbocycles. The Kier molecular flexibility index (Phi) is 3.83. The molecule has 2 heterocycles. The maximum absolute atomic E-state index is 10.3. The Balaban J connectivity index is 1.85. The average molecular weight is 285 g/mol. The molecule has 0 radical (unpaired) electrons. The smallest absolute Gasteiger partial charge is 0.0805 e. The third kappa shape index (κ3) is 2.74. The molecule has 4 heteroatoms. The molecule has 0 fully saturated rings. The summed E-state index contributed by atoms with van der Waals surface area (Å²) in [6, 6.07) is 8.23. The summed E-state index contributed by atoms with van der Waals surface area (Å²) in [7, 11) is 1.99. The fourth-order valence-corrected chi connectivity index (χ4v) is 3.19. The lowest BCUT2D eigenvalue weighted by Crippen LogP contribution is -2.23. The number of aliphatic hydroxyl groups excluding tert-OH is 1. The van der Waals surface area contributed by atoms with Crippen LogP contribution < -0.4 is 0 Å². The Labute approximate surface area is 126 Å². The molecular weight excluding hydrogens is 262 g/mol. The SMILES string of the molecule is Cc1nn(C)c(C)c1CN1CCC(O)c2ccccc2C1. The summed E-state index contributed by atoms with van der Waals surface area (Å²) >= 11 is 0. The highest BCUT2D eigenvalue weighted by molar-refractivity contribution is 5.30. The van der Waals surface area contributed by atoms with E-state index in [0.29, 0.717) is 0 Å². The number of hydrogen-bond donors (Lipinski definition) is 1. The van der Waals surface area contributed by atoms with E-state index in [1.54, 1.807) is 0 Å². The van der Waals surface area contributed by atoms with Crippen molar-refractivity contribution in [2.75, 3.05) is 6.54 Å². The molecule has 1 aromatic heterocycles. The van der Waals surface area contributed by atoms with E-state index in [1.807, 2.05) is 23.9 Å². The summed E-state index contributed by atoms with van der Waals surface area (Å²) in [5, 5.41) is 14.8. The maximum atomic E-state index is 10.3. The summed E-state index contributed by atoms with van der Waals surface area (Å²) in [6.07, 6.45) is 0.442. The second kappa shape index (κ2) is 5.62. The monoisotopic (exact) mass is 285 g/mol. The summed E-state index contributed by atoms with van der Waals surface area (Å²) in [6.45, 7) is 6.89. The molecule has 4 nitrogen and oxygen atoms in total. The lowest BCUT2D eigenvalue weighted by molar-refractivity contribution is 0.149. The number of aromatic nitrogens is 2. The molecule has 0 saturated heterocycles. The first-order valence-corrected chi connectivity index (χ1v) is 7.53. The van der Waals surface area contributed by atoms with Crippen molar-refractivity contribution in [1.29, 1.82) is 0 Å². The van der Waals surface area contributed by atoms with Gasteiger partial charge in [0.25, 0.3) is 0 Å². The van der Waals surface area contributed by atoms with Crippen LogP contribution >= 0.6 is 0 Å². The van der Waals surface area contributed by atoms with Crippen molar-refractivity contribution < 1.29 is 5.11 Å². The quantitative estimate of drug-likeness (QED) is 0.921. The number of aryl methyl sites for hydroxylation is 2. The zero-order chi connectivity index (χ0) is 15.0. The van der Waals surface area contributed by atoms with Crippen LogP contribution in [0.4, 0.5) is 0 Å². The molecule has 112 valence electrons. The van der Waals surface area contributed by atoms with Crippen molar-refractivity contribution in [1.82, 2.24) is 14.7 Å². The Morgan fingerprint density at radius 1 is 1.29 bits per heavy atom. The van der Waals surface area contributed by atoms with Crippen molar-refractivity contribution in [3.8, 4) is 0 Å². The van der Waals surface area contributed by atoms with E-state index in [1.165, 1.54) is 16.8 Å². The van der Waals surface area contributed by atoms with E-state index < -0.39 is 0 Å². The van der Waals surface area contributed by atoms with Crippen LogP contribution in [0.2, 0.25) is 0 Å². The summed E-state index contributed by atoms with van der Waals surface area (Å²) in [4.78, 5) is 2.41. The Bertz CT molecular complexity index is 647. The van der Waals surface area contributed by atoms with Gasteiger partial charge in [-0.2, -0.15) is 5.10 Å². The third-order valence-electron chi connectivity index (χ3n) is 4.57. The molecule has 1 aromatic carbocycles. The second-order valence-electron chi connectivity index (χ2n) is 5.99. The molecule has 3 rings (SSSR count). The minimum atomic E-state index is -0.345. The van der Waals surface area contributed by atoms with Crippen molar-refractivity contribution in [3.63, 3.8) is 0 Å². The molecule has 2 aromatic rings. The molecule has 1 aliphatic rings. The van der Waals surface area contributed by atoms with Gasteiger partial charge in [0.1, 0.15) is 0 Å². The van der Waals surface area contributed by atoms with Gasteiger partial charge >= 0.3 is 0 Å². The van der Waals surface area contributed by atoms with Crippen LogP contribution in [0.25, 0.3) is 0 Å². The van der Waals surface area contributed by atoms with Crippen molar-refractivity contribution in [3.05, 3.63) is 52.3 Å². The zero-order valence-corrected chi connectivity index (χ0v) is 13.0. The predicted octanol–water partition coefficient (Wildman–Crippen LogP) is 2.48. The first-order chi connectivity index (χ1) is 10.1. The normalized spacial score (nSPS) is 19.3. The van der Waals surface area contributed by atoms with Gasteiger partial charge in [-0.25, -0.2) is 0 Å². The van der Waals surface area contributed by atoms with Gasteiger partial charge in [-0.05, 0) is 31.4 Å². The van der Waals surface area contributed by atoms with Gasteiger partial charge in [0, 0.05) is 37.9 Å². The van der Waals surface area contributed by atoms with E-state index in [2.05, 4.69) is 36.0 Å². The van der Waals surface area contributed by atoms with Gasteiger partial charge in [0.15, 0.2) is 0 Å². The van der Waals surface area contributed by atoms with E-state index in [-0.39, 0.29) is 6.10 Å². The fraction of sp³-hybridized carbons (Fsp3) is 0.471. The number of rotatable bonds is 2. The molecule has 1 N–H and O–H groups in total. The van der Waals surface area contributed by atoms with Crippen LogP contribution in [0.15, 0.2) is 24.3 Å². The lowest BCUT2D eigenvalue weighted by atomic mass is 10.0. The molecule has 0 bridgehead atoms. The van der Waals surface area contributed by atoms with Gasteiger partial charge in [-0.15, -0.1) is 0 Å². The molecule has 1 aliphatic heterocycles. The molecule has 1 unspecified atom stereocenters. The predicted molar refractivity (Wildman–Crippen MR) is 82.8 cm³/mol. The zero-order valence-electron chi connectivity index (χ0n) is 13.0. The van der Waals surface area contributed by atoms with Gasteiger partial charge in [-0.3, -0.25) is 9.58 Å². The Morgan fingerprint density at radius 2 is 2.05 bits per heavy atom. The third-order valence-corrected chi connectivity index (χ3v) is 4.57. The van der Waals surface area contributed by atoms with Gasteiger partial charge in [-0.1, -0.05) is 24.3 Å². The molecular formula is C17H23N3O. The van der Waals surface area contributed by atoms with Gasteiger partial charge in [0.2, 0.25) is 0 Å². The minimum Gasteiger partial charge on any atom is -0.388 e. The summed E-state index contributed by atoms with van der Waals surface area (Å²) in [5.74, 6) is 0. The number of aliphatic hydroxyl groups is 1. The highest BCUT2D eigenvalue weighted by Crippen LogP contribution is 2.27. The van der Waals surface area contributed by atoms with Crippen LogP contribution in [0.1, 0.15) is 40.6 Å². The van der Waals surface area contributed by atoms with Gasteiger partial charge in [0.05, 0.1) is 11.8 Å². The highest BCUT2D eigenvalue weighted by atomic mass is 16.3.